The Kier molecular flexibility index (Phi) is 6.56. The first-order valence-electron chi connectivity index (χ1n) is 10.6. The number of hydrogen-bond donors (Lipinski definition) is 1. The lowest BCUT2D eigenvalue weighted by molar-refractivity contribution is -0.118. The number of aromatic nitrogens is 2. The fraction of sp³-hybridized carbons (Fsp3) is 0.200. The number of fused-ring (bicyclic) bond motifs is 1. The molecule has 0 aliphatic carbocycles. The average molecular weight is 480 g/mol. The van der Waals surface area contributed by atoms with Crippen LogP contribution in [0, 0.1) is 12.7 Å². The summed E-state index contributed by atoms with van der Waals surface area (Å²) in [6, 6.07) is 11.4. The van der Waals surface area contributed by atoms with Crippen molar-refractivity contribution in [3.63, 3.8) is 0 Å². The molecule has 0 bridgehead atoms. The van der Waals surface area contributed by atoms with Crippen molar-refractivity contribution in [3.8, 4) is 11.1 Å². The van der Waals surface area contributed by atoms with E-state index in [0.29, 0.717) is 32.6 Å². The number of thiophene rings is 1. The Morgan fingerprint density at radius 3 is 2.47 bits per heavy atom. The molecular weight excluding hydrogens is 457 g/mol. The zero-order chi connectivity index (χ0) is 24.4. The van der Waals surface area contributed by atoms with Gasteiger partial charge in [-0.25, -0.2) is 14.2 Å². The van der Waals surface area contributed by atoms with Crippen LogP contribution in [0.25, 0.3) is 21.3 Å². The van der Waals surface area contributed by atoms with Crippen LogP contribution in [-0.2, 0) is 9.53 Å². The second kappa shape index (κ2) is 9.56. The molecule has 174 valence electrons. The van der Waals surface area contributed by atoms with Gasteiger partial charge in [-0.3, -0.25) is 14.2 Å². The second-order valence-electron chi connectivity index (χ2n) is 7.64. The minimum absolute atomic E-state index is 0.272. The molecule has 9 heteroatoms. The number of amides is 1. The number of halogens is 1. The number of ether oxygens (including phenoxy) is 1. The van der Waals surface area contributed by atoms with Crippen LogP contribution in [0.15, 0.2) is 59.7 Å². The zero-order valence-electron chi connectivity index (χ0n) is 18.8. The van der Waals surface area contributed by atoms with Crippen molar-refractivity contribution in [1.29, 1.82) is 0 Å². The number of benzene rings is 2. The number of hydrogen-bond acceptors (Lipinski definition) is 6. The Bertz CT molecular complexity index is 1430. The monoisotopic (exact) mass is 479 g/mol. The van der Waals surface area contributed by atoms with Crippen molar-refractivity contribution in [1.82, 2.24) is 9.55 Å². The molecule has 2 heterocycles. The van der Waals surface area contributed by atoms with E-state index in [-0.39, 0.29) is 18.0 Å². The van der Waals surface area contributed by atoms with Gasteiger partial charge in [0.15, 0.2) is 0 Å². The fourth-order valence-corrected chi connectivity index (χ4v) is 4.64. The number of aryl methyl sites for hydroxylation is 1. The largest absolute Gasteiger partial charge is 0.462 e. The number of carbonyl (C=O) groups excluding carboxylic acids is 2. The Balaban J connectivity index is 1.63. The molecule has 7 nitrogen and oxygen atoms in total. The predicted octanol–water partition coefficient (Wildman–Crippen LogP) is 4.95. The summed E-state index contributed by atoms with van der Waals surface area (Å²) in [4.78, 5) is 43.9. The third-order valence-corrected chi connectivity index (χ3v) is 6.42. The number of nitrogens with zero attached hydrogens (tertiary/aromatic N) is 2. The van der Waals surface area contributed by atoms with Crippen LogP contribution in [0.2, 0.25) is 0 Å². The van der Waals surface area contributed by atoms with E-state index in [1.807, 2.05) is 6.92 Å². The summed E-state index contributed by atoms with van der Waals surface area (Å²) < 4.78 is 19.6. The molecule has 1 atom stereocenters. The summed E-state index contributed by atoms with van der Waals surface area (Å²) in [6.07, 6.45) is 1.36. The maximum absolute atomic E-state index is 13.4. The molecule has 4 rings (SSSR count). The van der Waals surface area contributed by atoms with E-state index >= 15 is 0 Å². The zero-order valence-corrected chi connectivity index (χ0v) is 19.6. The summed E-state index contributed by atoms with van der Waals surface area (Å²) in [5.74, 6) is -1.22. The standard InChI is InChI=1S/C25H22FN3O4S/c1-4-33-25(32)17-7-11-19(12-8-17)28-22(30)14(2)29-13-27-23-21(24(29)31)20(15(3)34-23)16-5-9-18(26)10-6-16/h5-14H,4H2,1-3H3,(H,28,30). The summed E-state index contributed by atoms with van der Waals surface area (Å²) >= 11 is 1.37. The maximum atomic E-state index is 13.4. The lowest BCUT2D eigenvalue weighted by atomic mass is 10.0. The first-order chi connectivity index (χ1) is 16.3. The third kappa shape index (κ3) is 4.47. The van der Waals surface area contributed by atoms with Gasteiger partial charge < -0.3 is 10.1 Å². The summed E-state index contributed by atoms with van der Waals surface area (Å²) in [5.41, 5.74) is 1.90. The van der Waals surface area contributed by atoms with Crippen LogP contribution in [0.1, 0.15) is 35.1 Å². The van der Waals surface area contributed by atoms with E-state index in [1.54, 1.807) is 50.2 Å². The van der Waals surface area contributed by atoms with Crippen LogP contribution in [-0.4, -0.2) is 28.0 Å². The highest BCUT2D eigenvalue weighted by atomic mass is 32.1. The van der Waals surface area contributed by atoms with Gasteiger partial charge in [-0.1, -0.05) is 12.1 Å². The minimum Gasteiger partial charge on any atom is -0.462 e. The maximum Gasteiger partial charge on any atom is 0.338 e. The topological polar surface area (TPSA) is 90.3 Å². The lowest BCUT2D eigenvalue weighted by Crippen LogP contribution is -2.31. The van der Waals surface area contributed by atoms with Gasteiger partial charge in [-0.05, 0) is 62.7 Å². The van der Waals surface area contributed by atoms with Gasteiger partial charge in [-0.2, -0.15) is 0 Å². The van der Waals surface area contributed by atoms with Crippen molar-refractivity contribution in [2.24, 2.45) is 0 Å². The number of anilines is 1. The van der Waals surface area contributed by atoms with Crippen molar-refractivity contribution in [3.05, 3.63) is 81.5 Å². The van der Waals surface area contributed by atoms with Gasteiger partial charge in [-0.15, -0.1) is 11.3 Å². The first kappa shape index (κ1) is 23.3. The molecule has 0 saturated carbocycles. The molecule has 2 aromatic heterocycles. The molecule has 4 aromatic rings. The molecule has 0 radical (unpaired) electrons. The molecule has 0 fully saturated rings. The highest BCUT2D eigenvalue weighted by Gasteiger charge is 2.22. The molecule has 0 aliphatic heterocycles. The van der Waals surface area contributed by atoms with E-state index < -0.39 is 17.9 Å². The first-order valence-corrected chi connectivity index (χ1v) is 11.5. The molecule has 2 aromatic carbocycles. The van der Waals surface area contributed by atoms with Crippen LogP contribution in [0.5, 0.6) is 0 Å². The minimum atomic E-state index is -0.851. The van der Waals surface area contributed by atoms with E-state index in [0.717, 1.165) is 4.88 Å². The highest BCUT2D eigenvalue weighted by Crippen LogP contribution is 2.35. The van der Waals surface area contributed by atoms with Gasteiger partial charge in [0.1, 0.15) is 16.7 Å². The van der Waals surface area contributed by atoms with E-state index in [4.69, 9.17) is 4.74 Å². The van der Waals surface area contributed by atoms with Gasteiger partial charge in [0.05, 0.1) is 23.9 Å². The predicted molar refractivity (Wildman–Crippen MR) is 130 cm³/mol. The number of nitrogens with one attached hydrogen (secondary N) is 1. The Hall–Kier alpha value is -3.85. The number of carbonyl (C=O) groups is 2. The molecular formula is C25H22FN3O4S. The smallest absolute Gasteiger partial charge is 0.338 e. The quantitative estimate of drug-likeness (QED) is 0.395. The average Bonchev–Trinajstić information content (AvgIpc) is 3.16. The number of rotatable bonds is 6. The van der Waals surface area contributed by atoms with E-state index in [1.165, 1.54) is 34.4 Å². The van der Waals surface area contributed by atoms with Gasteiger partial charge in [0.2, 0.25) is 5.91 Å². The van der Waals surface area contributed by atoms with Gasteiger partial charge in [0, 0.05) is 16.1 Å². The molecule has 1 amide bonds. The molecule has 1 N–H and O–H groups in total. The Morgan fingerprint density at radius 2 is 1.82 bits per heavy atom. The molecule has 34 heavy (non-hydrogen) atoms. The van der Waals surface area contributed by atoms with E-state index in [9.17, 15) is 18.8 Å². The molecule has 0 spiro atoms. The Morgan fingerprint density at radius 1 is 1.15 bits per heavy atom. The SMILES string of the molecule is CCOC(=O)c1ccc(NC(=O)C(C)n2cnc3sc(C)c(-c4ccc(F)cc4)c3c2=O)cc1. The third-order valence-electron chi connectivity index (χ3n) is 5.41. The fourth-order valence-electron chi connectivity index (χ4n) is 3.63. The van der Waals surface area contributed by atoms with Gasteiger partial charge >= 0.3 is 5.97 Å². The Labute approximate surface area is 198 Å². The van der Waals surface area contributed by atoms with Crippen LogP contribution in [0.4, 0.5) is 10.1 Å². The van der Waals surface area contributed by atoms with Crippen LogP contribution < -0.4 is 10.9 Å². The van der Waals surface area contributed by atoms with Crippen LogP contribution >= 0.6 is 11.3 Å². The van der Waals surface area contributed by atoms with Gasteiger partial charge in [0.25, 0.3) is 5.56 Å². The van der Waals surface area contributed by atoms with Crippen molar-refractivity contribution < 1.29 is 18.7 Å². The highest BCUT2D eigenvalue weighted by molar-refractivity contribution is 7.19. The van der Waals surface area contributed by atoms with Crippen molar-refractivity contribution >= 4 is 39.1 Å². The van der Waals surface area contributed by atoms with Crippen molar-refractivity contribution in [2.45, 2.75) is 26.8 Å². The summed E-state index contributed by atoms with van der Waals surface area (Å²) in [5, 5.41) is 3.15. The summed E-state index contributed by atoms with van der Waals surface area (Å²) in [7, 11) is 0. The molecule has 0 saturated heterocycles. The van der Waals surface area contributed by atoms with Crippen molar-refractivity contribution in [2.75, 3.05) is 11.9 Å². The van der Waals surface area contributed by atoms with Crippen LogP contribution in [0.3, 0.4) is 0 Å². The normalized spacial score (nSPS) is 11.9. The number of esters is 1. The molecule has 0 aliphatic rings. The lowest BCUT2D eigenvalue weighted by Gasteiger charge is -2.15. The molecule has 1 unspecified atom stereocenters. The second-order valence-corrected chi connectivity index (χ2v) is 8.84. The van der Waals surface area contributed by atoms with E-state index in [2.05, 4.69) is 10.3 Å². The summed E-state index contributed by atoms with van der Waals surface area (Å²) in [6.45, 7) is 5.48.